The zero-order valence-electron chi connectivity index (χ0n) is 13.8. The van der Waals surface area contributed by atoms with Gasteiger partial charge in [0.1, 0.15) is 12.4 Å². The molecule has 0 radical (unpaired) electrons. The molecule has 0 saturated heterocycles. The number of ether oxygens (including phenoxy) is 1. The highest BCUT2D eigenvalue weighted by Crippen LogP contribution is 2.38. The van der Waals surface area contributed by atoms with Gasteiger partial charge in [-0.05, 0) is 42.7 Å². The number of amides is 1. The van der Waals surface area contributed by atoms with Crippen LogP contribution in [-0.4, -0.2) is 12.5 Å². The van der Waals surface area contributed by atoms with Gasteiger partial charge in [-0.15, -0.1) is 0 Å². The van der Waals surface area contributed by atoms with Gasteiger partial charge in [0, 0.05) is 12.2 Å². The number of hydrogen-bond donors (Lipinski definition) is 2. The summed E-state index contributed by atoms with van der Waals surface area (Å²) in [6.07, 6.45) is 3.93. The summed E-state index contributed by atoms with van der Waals surface area (Å²) in [5, 5.41) is 3.00. The van der Waals surface area contributed by atoms with Crippen molar-refractivity contribution in [1.29, 1.82) is 0 Å². The summed E-state index contributed by atoms with van der Waals surface area (Å²) in [7, 11) is 0. The number of hydrogen-bond acceptors (Lipinski definition) is 3. The van der Waals surface area contributed by atoms with Gasteiger partial charge >= 0.3 is 0 Å². The Kier molecular flexibility index (Phi) is 5.16. The van der Waals surface area contributed by atoms with Crippen LogP contribution in [0.25, 0.3) is 0 Å². The SMILES string of the molecule is NCC1(C(=O)Nc2ccc(OCc3ccccc3)cc2)CCCC1. The van der Waals surface area contributed by atoms with Crippen LogP contribution >= 0.6 is 0 Å². The Morgan fingerprint density at radius 1 is 1.04 bits per heavy atom. The quantitative estimate of drug-likeness (QED) is 0.851. The molecule has 4 nitrogen and oxygen atoms in total. The standard InChI is InChI=1S/C20H24N2O2/c21-15-20(12-4-5-13-20)19(23)22-17-8-10-18(11-9-17)24-14-16-6-2-1-3-7-16/h1-3,6-11H,4-5,12-15,21H2,(H,22,23). The van der Waals surface area contributed by atoms with E-state index in [2.05, 4.69) is 5.32 Å². The maximum absolute atomic E-state index is 12.5. The monoisotopic (exact) mass is 324 g/mol. The molecular weight excluding hydrogens is 300 g/mol. The van der Waals surface area contributed by atoms with Crippen molar-refractivity contribution in [2.45, 2.75) is 32.3 Å². The van der Waals surface area contributed by atoms with E-state index in [1.807, 2.05) is 54.6 Å². The summed E-state index contributed by atoms with van der Waals surface area (Å²) in [6.45, 7) is 0.944. The Morgan fingerprint density at radius 3 is 2.33 bits per heavy atom. The van der Waals surface area contributed by atoms with Gasteiger partial charge < -0.3 is 15.8 Å². The fraction of sp³-hybridized carbons (Fsp3) is 0.350. The molecule has 2 aromatic rings. The van der Waals surface area contributed by atoms with Crippen LogP contribution in [0.1, 0.15) is 31.2 Å². The molecular formula is C20H24N2O2. The zero-order chi connectivity index (χ0) is 16.8. The predicted octanol–water partition coefficient (Wildman–Crippen LogP) is 3.72. The molecule has 0 unspecified atom stereocenters. The van der Waals surface area contributed by atoms with E-state index in [4.69, 9.17) is 10.5 Å². The molecule has 0 aromatic heterocycles. The molecule has 0 spiro atoms. The van der Waals surface area contributed by atoms with Crippen LogP contribution in [-0.2, 0) is 11.4 Å². The minimum Gasteiger partial charge on any atom is -0.489 e. The van der Waals surface area contributed by atoms with E-state index in [0.717, 1.165) is 42.7 Å². The molecule has 1 aliphatic carbocycles. The number of anilines is 1. The average molecular weight is 324 g/mol. The molecule has 3 N–H and O–H groups in total. The smallest absolute Gasteiger partial charge is 0.231 e. The minimum atomic E-state index is -0.386. The first-order valence-corrected chi connectivity index (χ1v) is 8.50. The van der Waals surface area contributed by atoms with Crippen molar-refractivity contribution in [3.8, 4) is 5.75 Å². The Balaban J connectivity index is 1.57. The van der Waals surface area contributed by atoms with Crippen molar-refractivity contribution in [3.63, 3.8) is 0 Å². The van der Waals surface area contributed by atoms with Crippen LogP contribution in [0.3, 0.4) is 0 Å². The first-order chi connectivity index (χ1) is 11.7. The van der Waals surface area contributed by atoms with Gasteiger partial charge in [-0.1, -0.05) is 43.2 Å². The number of carbonyl (C=O) groups is 1. The molecule has 4 heteroatoms. The van der Waals surface area contributed by atoms with Crippen molar-refractivity contribution in [3.05, 3.63) is 60.2 Å². The van der Waals surface area contributed by atoms with Crippen LogP contribution in [0.2, 0.25) is 0 Å². The normalized spacial score (nSPS) is 15.9. The fourth-order valence-electron chi connectivity index (χ4n) is 3.21. The van der Waals surface area contributed by atoms with Crippen molar-refractivity contribution >= 4 is 11.6 Å². The number of carbonyl (C=O) groups excluding carboxylic acids is 1. The number of nitrogens with two attached hydrogens (primary N) is 1. The lowest BCUT2D eigenvalue weighted by Crippen LogP contribution is -2.40. The molecule has 1 amide bonds. The zero-order valence-corrected chi connectivity index (χ0v) is 13.8. The van der Waals surface area contributed by atoms with Crippen molar-refractivity contribution in [2.75, 3.05) is 11.9 Å². The maximum Gasteiger partial charge on any atom is 0.231 e. The largest absolute Gasteiger partial charge is 0.489 e. The average Bonchev–Trinajstić information content (AvgIpc) is 3.12. The van der Waals surface area contributed by atoms with E-state index in [1.165, 1.54) is 0 Å². The van der Waals surface area contributed by atoms with E-state index < -0.39 is 0 Å². The first-order valence-electron chi connectivity index (χ1n) is 8.50. The lowest BCUT2D eigenvalue weighted by Gasteiger charge is -2.25. The van der Waals surface area contributed by atoms with E-state index in [-0.39, 0.29) is 11.3 Å². The molecule has 3 rings (SSSR count). The summed E-state index contributed by atoms with van der Waals surface area (Å²) in [4.78, 5) is 12.5. The molecule has 0 bridgehead atoms. The molecule has 1 aliphatic rings. The third kappa shape index (κ3) is 3.77. The Morgan fingerprint density at radius 2 is 1.71 bits per heavy atom. The second-order valence-corrected chi connectivity index (χ2v) is 6.44. The van der Waals surface area contributed by atoms with Gasteiger partial charge in [-0.3, -0.25) is 4.79 Å². The van der Waals surface area contributed by atoms with Crippen LogP contribution in [0.5, 0.6) is 5.75 Å². The van der Waals surface area contributed by atoms with Crippen molar-refractivity contribution in [2.24, 2.45) is 11.1 Å². The van der Waals surface area contributed by atoms with Crippen LogP contribution < -0.4 is 15.8 Å². The van der Waals surface area contributed by atoms with Gasteiger partial charge in [0.15, 0.2) is 0 Å². The van der Waals surface area contributed by atoms with Gasteiger partial charge in [0.05, 0.1) is 5.41 Å². The van der Waals surface area contributed by atoms with Crippen molar-refractivity contribution < 1.29 is 9.53 Å². The van der Waals surface area contributed by atoms with Gasteiger partial charge in [0.25, 0.3) is 0 Å². The molecule has 1 saturated carbocycles. The summed E-state index contributed by atoms with van der Waals surface area (Å²) in [6, 6.07) is 17.5. The lowest BCUT2D eigenvalue weighted by atomic mass is 9.85. The second kappa shape index (κ2) is 7.49. The van der Waals surface area contributed by atoms with Crippen molar-refractivity contribution in [1.82, 2.24) is 0 Å². The lowest BCUT2D eigenvalue weighted by molar-refractivity contribution is -0.124. The van der Waals surface area contributed by atoms with Crippen LogP contribution in [0, 0.1) is 5.41 Å². The highest BCUT2D eigenvalue weighted by atomic mass is 16.5. The summed E-state index contributed by atoms with van der Waals surface area (Å²) < 4.78 is 5.76. The highest BCUT2D eigenvalue weighted by Gasteiger charge is 2.39. The fourth-order valence-corrected chi connectivity index (χ4v) is 3.21. The summed E-state index contributed by atoms with van der Waals surface area (Å²) in [5.41, 5.74) is 7.39. The highest BCUT2D eigenvalue weighted by molar-refractivity contribution is 5.95. The first kappa shape index (κ1) is 16.5. The summed E-state index contributed by atoms with van der Waals surface area (Å²) >= 11 is 0. The molecule has 24 heavy (non-hydrogen) atoms. The Hall–Kier alpha value is -2.33. The molecule has 126 valence electrons. The third-order valence-electron chi connectivity index (χ3n) is 4.79. The summed E-state index contributed by atoms with van der Waals surface area (Å²) in [5.74, 6) is 0.826. The molecule has 0 heterocycles. The van der Waals surface area contributed by atoms with Crippen LogP contribution in [0.15, 0.2) is 54.6 Å². The number of nitrogens with one attached hydrogen (secondary N) is 1. The van der Waals surface area contributed by atoms with E-state index in [9.17, 15) is 4.79 Å². The molecule has 0 atom stereocenters. The Labute approximate surface area is 143 Å². The second-order valence-electron chi connectivity index (χ2n) is 6.44. The maximum atomic E-state index is 12.5. The van der Waals surface area contributed by atoms with E-state index in [0.29, 0.717) is 13.2 Å². The van der Waals surface area contributed by atoms with E-state index in [1.54, 1.807) is 0 Å². The molecule has 1 fully saturated rings. The predicted molar refractivity (Wildman–Crippen MR) is 95.8 cm³/mol. The molecule has 2 aromatic carbocycles. The molecule has 0 aliphatic heterocycles. The van der Waals surface area contributed by atoms with Gasteiger partial charge in [-0.25, -0.2) is 0 Å². The number of benzene rings is 2. The van der Waals surface area contributed by atoms with Crippen LogP contribution in [0.4, 0.5) is 5.69 Å². The third-order valence-corrected chi connectivity index (χ3v) is 4.79. The van der Waals surface area contributed by atoms with Gasteiger partial charge in [-0.2, -0.15) is 0 Å². The number of rotatable bonds is 6. The Bertz CT molecular complexity index is 662. The topological polar surface area (TPSA) is 64.4 Å². The van der Waals surface area contributed by atoms with Gasteiger partial charge in [0.2, 0.25) is 5.91 Å². The minimum absolute atomic E-state index is 0.0421. The van der Waals surface area contributed by atoms with E-state index >= 15 is 0 Å².